The zero-order valence-corrected chi connectivity index (χ0v) is 11.9. The van der Waals surface area contributed by atoms with Gasteiger partial charge in [0.15, 0.2) is 0 Å². The minimum absolute atomic E-state index is 0. The number of halogens is 1. The summed E-state index contributed by atoms with van der Waals surface area (Å²) in [6, 6.07) is 0. The number of rotatable bonds is 9. The van der Waals surface area contributed by atoms with E-state index in [-0.39, 0.29) is 18.3 Å². The van der Waals surface area contributed by atoms with Gasteiger partial charge in [0, 0.05) is 19.5 Å². The Morgan fingerprint density at radius 2 is 1.65 bits per heavy atom. The fraction of sp³-hybridized carbons (Fsp3) is 0.923. The summed E-state index contributed by atoms with van der Waals surface area (Å²) in [7, 11) is 0. The summed E-state index contributed by atoms with van der Waals surface area (Å²) in [5.41, 5.74) is 2.87. The van der Waals surface area contributed by atoms with Crippen LogP contribution in [0.15, 0.2) is 0 Å². The number of unbranched alkanes of at least 4 members (excludes halogenated alkanes) is 7. The van der Waals surface area contributed by atoms with Crippen molar-refractivity contribution in [2.24, 2.45) is 0 Å². The Kier molecular flexibility index (Phi) is 10.7. The van der Waals surface area contributed by atoms with E-state index in [4.69, 9.17) is 0 Å². The molecular formula is C13H27ClN2O. The van der Waals surface area contributed by atoms with Crippen LogP contribution >= 0.6 is 12.4 Å². The molecule has 0 radical (unpaired) electrons. The van der Waals surface area contributed by atoms with Crippen LogP contribution < -0.4 is 5.43 Å². The Balaban J connectivity index is 0.00000256. The quantitative estimate of drug-likeness (QED) is 0.647. The number of nitrogens with zero attached hydrogens (tertiary/aromatic N) is 1. The molecule has 1 heterocycles. The maximum atomic E-state index is 10.9. The third-order valence-corrected chi connectivity index (χ3v) is 3.17. The second kappa shape index (κ2) is 10.8. The Morgan fingerprint density at radius 3 is 2.18 bits per heavy atom. The fourth-order valence-corrected chi connectivity index (χ4v) is 2.13. The van der Waals surface area contributed by atoms with Crippen LogP contribution in [0.4, 0.5) is 0 Å². The van der Waals surface area contributed by atoms with E-state index in [1.54, 1.807) is 0 Å². The van der Waals surface area contributed by atoms with Gasteiger partial charge in [-0.2, -0.15) is 0 Å². The highest BCUT2D eigenvalue weighted by Crippen LogP contribution is 2.09. The highest BCUT2D eigenvalue weighted by Gasteiger charge is 2.16. The Bertz CT molecular complexity index is 200. The molecule has 1 amide bonds. The van der Waals surface area contributed by atoms with E-state index >= 15 is 0 Å². The van der Waals surface area contributed by atoms with Crippen molar-refractivity contribution in [3.05, 3.63) is 0 Å². The van der Waals surface area contributed by atoms with Crippen LogP contribution in [-0.4, -0.2) is 24.0 Å². The number of hydrazine groups is 1. The van der Waals surface area contributed by atoms with Gasteiger partial charge in [-0.05, 0) is 6.42 Å². The maximum Gasteiger partial charge on any atom is 0.235 e. The molecule has 1 aliphatic heterocycles. The molecule has 0 aromatic heterocycles. The largest absolute Gasteiger partial charge is 0.289 e. The summed E-state index contributed by atoms with van der Waals surface area (Å²) in [6.45, 7) is 4.18. The third-order valence-electron chi connectivity index (χ3n) is 3.17. The number of hydrogen-bond donors (Lipinski definition) is 1. The molecule has 0 saturated carbocycles. The molecular weight excluding hydrogens is 236 g/mol. The lowest BCUT2D eigenvalue weighted by Crippen LogP contribution is -2.33. The summed E-state index contributed by atoms with van der Waals surface area (Å²) in [5, 5.41) is 2.05. The smallest absolute Gasteiger partial charge is 0.235 e. The van der Waals surface area contributed by atoms with E-state index in [1.807, 2.05) is 0 Å². The highest BCUT2D eigenvalue weighted by molar-refractivity contribution is 5.85. The van der Waals surface area contributed by atoms with Crippen molar-refractivity contribution in [2.45, 2.75) is 64.7 Å². The standard InChI is InChI=1S/C13H26N2O.ClH/c1-2-3-4-5-6-7-8-9-11-15-12-10-13(16)14-15;/h2-12H2,1H3,(H,14,16);1H. The van der Waals surface area contributed by atoms with Crippen LogP contribution in [0.5, 0.6) is 0 Å². The molecule has 1 saturated heterocycles. The first-order valence-corrected chi connectivity index (χ1v) is 6.87. The van der Waals surface area contributed by atoms with Crippen molar-refractivity contribution in [1.82, 2.24) is 10.4 Å². The van der Waals surface area contributed by atoms with Crippen LogP contribution in [0.2, 0.25) is 0 Å². The summed E-state index contributed by atoms with van der Waals surface area (Å²) in [4.78, 5) is 10.9. The van der Waals surface area contributed by atoms with E-state index in [1.165, 1.54) is 51.4 Å². The molecule has 0 aromatic carbocycles. The average molecular weight is 263 g/mol. The molecule has 3 nitrogen and oxygen atoms in total. The first-order valence-electron chi connectivity index (χ1n) is 6.87. The number of carbonyl (C=O) groups excluding carboxylic acids is 1. The lowest BCUT2D eigenvalue weighted by Gasteiger charge is -2.13. The molecule has 17 heavy (non-hydrogen) atoms. The Labute approximate surface area is 112 Å². The molecule has 1 fully saturated rings. The van der Waals surface area contributed by atoms with Gasteiger partial charge in [0.1, 0.15) is 0 Å². The van der Waals surface area contributed by atoms with Gasteiger partial charge in [-0.3, -0.25) is 10.2 Å². The van der Waals surface area contributed by atoms with Crippen molar-refractivity contribution in [3.8, 4) is 0 Å². The van der Waals surface area contributed by atoms with Crippen LogP contribution in [0, 0.1) is 0 Å². The van der Waals surface area contributed by atoms with Crippen molar-refractivity contribution >= 4 is 18.3 Å². The molecule has 0 unspecified atom stereocenters. The topological polar surface area (TPSA) is 32.3 Å². The van der Waals surface area contributed by atoms with Gasteiger partial charge in [-0.25, -0.2) is 5.01 Å². The second-order valence-corrected chi connectivity index (χ2v) is 4.75. The minimum Gasteiger partial charge on any atom is -0.289 e. The molecule has 0 aromatic rings. The van der Waals surface area contributed by atoms with Crippen molar-refractivity contribution < 1.29 is 4.79 Å². The van der Waals surface area contributed by atoms with Gasteiger partial charge in [0.05, 0.1) is 0 Å². The number of hydrogen-bond acceptors (Lipinski definition) is 2. The number of amides is 1. The molecule has 0 spiro atoms. The average Bonchev–Trinajstić information content (AvgIpc) is 2.68. The van der Waals surface area contributed by atoms with E-state index in [9.17, 15) is 4.79 Å². The third kappa shape index (κ3) is 8.44. The van der Waals surface area contributed by atoms with E-state index in [0.29, 0.717) is 6.42 Å². The van der Waals surface area contributed by atoms with Crippen LogP contribution in [0.3, 0.4) is 0 Å². The molecule has 0 atom stereocenters. The molecule has 0 aliphatic carbocycles. The summed E-state index contributed by atoms with van der Waals surface area (Å²) >= 11 is 0. The van der Waals surface area contributed by atoms with Crippen molar-refractivity contribution in [2.75, 3.05) is 13.1 Å². The summed E-state index contributed by atoms with van der Waals surface area (Å²) < 4.78 is 0. The summed E-state index contributed by atoms with van der Waals surface area (Å²) in [5.74, 6) is 0.180. The van der Waals surface area contributed by atoms with Crippen molar-refractivity contribution in [1.29, 1.82) is 0 Å². The molecule has 4 heteroatoms. The lowest BCUT2D eigenvalue weighted by atomic mass is 10.1. The molecule has 0 bridgehead atoms. The molecule has 102 valence electrons. The number of nitrogens with one attached hydrogen (secondary N) is 1. The van der Waals surface area contributed by atoms with E-state index in [0.717, 1.165) is 13.1 Å². The van der Waals surface area contributed by atoms with Gasteiger partial charge >= 0.3 is 0 Å². The van der Waals surface area contributed by atoms with Gasteiger partial charge < -0.3 is 0 Å². The van der Waals surface area contributed by atoms with Crippen LogP contribution in [-0.2, 0) is 4.79 Å². The lowest BCUT2D eigenvalue weighted by molar-refractivity contribution is -0.121. The highest BCUT2D eigenvalue weighted by atomic mass is 35.5. The Morgan fingerprint density at radius 1 is 1.06 bits per heavy atom. The molecule has 1 aliphatic rings. The monoisotopic (exact) mass is 262 g/mol. The zero-order valence-electron chi connectivity index (χ0n) is 11.0. The Hall–Kier alpha value is -0.280. The first-order chi connectivity index (χ1) is 7.83. The van der Waals surface area contributed by atoms with Gasteiger partial charge in [0.2, 0.25) is 5.91 Å². The predicted octanol–water partition coefficient (Wildman–Crippen LogP) is 3.29. The van der Waals surface area contributed by atoms with Crippen molar-refractivity contribution in [3.63, 3.8) is 0 Å². The second-order valence-electron chi connectivity index (χ2n) is 4.75. The predicted molar refractivity (Wildman–Crippen MR) is 74.2 cm³/mol. The van der Waals surface area contributed by atoms with Gasteiger partial charge in [-0.15, -0.1) is 12.4 Å². The molecule has 1 rings (SSSR count). The van der Waals surface area contributed by atoms with Crippen LogP contribution in [0.25, 0.3) is 0 Å². The van der Waals surface area contributed by atoms with E-state index < -0.39 is 0 Å². The fourth-order valence-electron chi connectivity index (χ4n) is 2.13. The molecule has 1 N–H and O–H groups in total. The normalized spacial score (nSPS) is 15.7. The first kappa shape index (κ1) is 16.7. The van der Waals surface area contributed by atoms with Crippen LogP contribution in [0.1, 0.15) is 64.7 Å². The SMILES string of the molecule is CCCCCCCCCCN1CCC(=O)N1.Cl. The summed E-state index contributed by atoms with van der Waals surface area (Å²) in [6.07, 6.45) is 11.4. The zero-order chi connectivity index (χ0) is 11.6. The minimum atomic E-state index is 0. The van der Waals surface area contributed by atoms with E-state index in [2.05, 4.69) is 17.4 Å². The van der Waals surface area contributed by atoms with Gasteiger partial charge in [0.25, 0.3) is 0 Å². The maximum absolute atomic E-state index is 10.9. The number of carbonyl (C=O) groups is 1. The van der Waals surface area contributed by atoms with Gasteiger partial charge in [-0.1, -0.05) is 51.9 Å².